The van der Waals surface area contributed by atoms with Gasteiger partial charge in [0, 0.05) is 27.9 Å². The number of thiophene rings is 1. The summed E-state index contributed by atoms with van der Waals surface area (Å²) < 4.78 is 0. The molecule has 0 aliphatic carbocycles. The van der Waals surface area contributed by atoms with Gasteiger partial charge < -0.3 is 10.2 Å². The van der Waals surface area contributed by atoms with Crippen molar-refractivity contribution in [1.82, 2.24) is 10.2 Å². The summed E-state index contributed by atoms with van der Waals surface area (Å²) in [5, 5.41) is 4.95. The molecular formula is C21H18N2O2S. The lowest BCUT2D eigenvalue weighted by Gasteiger charge is -2.27. The minimum absolute atomic E-state index is 0.0235. The monoisotopic (exact) mass is 362 g/mol. The first-order valence-corrected chi connectivity index (χ1v) is 9.63. The predicted molar refractivity (Wildman–Crippen MR) is 103 cm³/mol. The molecule has 0 spiro atoms. The van der Waals surface area contributed by atoms with Gasteiger partial charge in [-0.05, 0) is 47.9 Å². The first kappa shape index (κ1) is 15.6. The Kier molecular flexibility index (Phi) is 3.40. The van der Waals surface area contributed by atoms with Crippen molar-refractivity contribution >= 4 is 33.9 Å². The predicted octanol–water partition coefficient (Wildman–Crippen LogP) is 3.59. The van der Waals surface area contributed by atoms with Crippen LogP contribution in [0, 0.1) is 6.92 Å². The summed E-state index contributed by atoms with van der Waals surface area (Å²) in [6.45, 7) is 2.71. The number of nitrogens with one attached hydrogen (secondary N) is 1. The van der Waals surface area contributed by atoms with Crippen molar-refractivity contribution in [2.24, 2.45) is 0 Å². The average Bonchev–Trinajstić information content (AvgIpc) is 3.35. The van der Waals surface area contributed by atoms with Crippen LogP contribution in [0.4, 0.5) is 0 Å². The number of likely N-dealkylation sites (tertiary alicyclic amines) is 1. The number of hydrogen-bond donors (Lipinski definition) is 1. The highest BCUT2D eigenvalue weighted by Crippen LogP contribution is 2.35. The molecule has 0 radical (unpaired) electrons. The lowest BCUT2D eigenvalue weighted by Crippen LogP contribution is -2.50. The van der Waals surface area contributed by atoms with Gasteiger partial charge in [-0.2, -0.15) is 0 Å². The second-order valence-corrected chi connectivity index (χ2v) is 8.32. The van der Waals surface area contributed by atoms with Crippen molar-refractivity contribution < 1.29 is 9.59 Å². The Morgan fingerprint density at radius 2 is 1.92 bits per heavy atom. The highest BCUT2D eigenvalue weighted by atomic mass is 32.1. The summed E-state index contributed by atoms with van der Waals surface area (Å²) in [6, 6.07) is 16.0. The van der Waals surface area contributed by atoms with Crippen LogP contribution in [0.2, 0.25) is 0 Å². The summed E-state index contributed by atoms with van der Waals surface area (Å²) in [5.74, 6) is -0.0675. The Balaban J connectivity index is 1.61. The van der Waals surface area contributed by atoms with E-state index in [1.807, 2.05) is 24.3 Å². The number of rotatable bonds is 2. The van der Waals surface area contributed by atoms with Gasteiger partial charge in [0.1, 0.15) is 6.04 Å². The molecule has 2 bridgehead atoms. The Labute approximate surface area is 155 Å². The van der Waals surface area contributed by atoms with Crippen molar-refractivity contribution in [3.8, 4) is 10.4 Å². The van der Waals surface area contributed by atoms with Crippen LogP contribution in [0.1, 0.15) is 21.7 Å². The number of carbonyl (C=O) groups excluding carboxylic acids is 2. The van der Waals surface area contributed by atoms with E-state index in [1.165, 1.54) is 9.75 Å². The van der Waals surface area contributed by atoms with Crippen molar-refractivity contribution in [2.75, 3.05) is 6.54 Å². The molecule has 2 aliphatic heterocycles. The smallest absolute Gasteiger partial charge is 0.255 e. The van der Waals surface area contributed by atoms with Crippen molar-refractivity contribution in [2.45, 2.75) is 25.4 Å². The Morgan fingerprint density at radius 3 is 2.65 bits per heavy atom. The molecule has 0 saturated carbocycles. The molecule has 1 N–H and O–H groups in total. The van der Waals surface area contributed by atoms with E-state index >= 15 is 0 Å². The maximum atomic E-state index is 13.2. The van der Waals surface area contributed by atoms with E-state index in [-0.39, 0.29) is 23.9 Å². The normalized spacial score (nSPS) is 21.4. The number of nitrogens with zero attached hydrogens (tertiary/aromatic N) is 1. The lowest BCUT2D eigenvalue weighted by atomic mass is 9.98. The van der Waals surface area contributed by atoms with Gasteiger partial charge in [-0.25, -0.2) is 0 Å². The SMILES string of the molecule is Cc1ccc(-c2cccc3c(C(=O)N4C[C@@H]5C[C@H]4C(=O)N5)cccc23)s1. The van der Waals surface area contributed by atoms with Crippen molar-refractivity contribution in [3.05, 3.63) is 59.0 Å². The molecule has 5 heteroatoms. The van der Waals surface area contributed by atoms with Crippen LogP contribution in [0.3, 0.4) is 0 Å². The van der Waals surface area contributed by atoms with Crippen LogP contribution < -0.4 is 5.32 Å². The van der Waals surface area contributed by atoms with Crippen LogP contribution in [0.5, 0.6) is 0 Å². The van der Waals surface area contributed by atoms with Gasteiger partial charge in [-0.15, -0.1) is 11.3 Å². The molecule has 4 nitrogen and oxygen atoms in total. The fraction of sp³-hybridized carbons (Fsp3) is 0.238. The largest absolute Gasteiger partial charge is 0.350 e. The quantitative estimate of drug-likeness (QED) is 0.757. The van der Waals surface area contributed by atoms with E-state index in [1.54, 1.807) is 16.2 Å². The van der Waals surface area contributed by atoms with Gasteiger partial charge >= 0.3 is 0 Å². The Hall–Kier alpha value is -2.66. The number of benzene rings is 2. The van der Waals surface area contributed by atoms with E-state index in [4.69, 9.17) is 0 Å². The third-order valence-electron chi connectivity index (χ3n) is 5.37. The summed E-state index contributed by atoms with van der Waals surface area (Å²) in [5.41, 5.74) is 1.83. The second-order valence-electron chi connectivity index (χ2n) is 7.03. The topological polar surface area (TPSA) is 49.4 Å². The first-order chi connectivity index (χ1) is 12.6. The zero-order valence-corrected chi connectivity index (χ0v) is 15.2. The van der Waals surface area contributed by atoms with E-state index in [0.29, 0.717) is 12.1 Å². The van der Waals surface area contributed by atoms with E-state index < -0.39 is 0 Å². The number of piperazine rings is 1. The zero-order valence-electron chi connectivity index (χ0n) is 14.4. The summed E-state index contributed by atoms with van der Waals surface area (Å²) in [6.07, 6.45) is 0.731. The van der Waals surface area contributed by atoms with Crippen molar-refractivity contribution in [3.63, 3.8) is 0 Å². The van der Waals surface area contributed by atoms with Gasteiger partial charge in [0.05, 0.1) is 0 Å². The Bertz CT molecular complexity index is 1060. The summed E-state index contributed by atoms with van der Waals surface area (Å²) in [4.78, 5) is 29.4. The molecule has 0 unspecified atom stereocenters. The maximum Gasteiger partial charge on any atom is 0.255 e. The zero-order chi connectivity index (χ0) is 17.8. The van der Waals surface area contributed by atoms with Gasteiger partial charge in [0.25, 0.3) is 5.91 Å². The van der Waals surface area contributed by atoms with Gasteiger partial charge in [0.15, 0.2) is 0 Å². The average molecular weight is 362 g/mol. The highest BCUT2D eigenvalue weighted by molar-refractivity contribution is 7.15. The standard InChI is InChI=1S/C21H18N2O2S/c1-12-8-9-19(26-12)16-6-2-5-15-14(16)4-3-7-17(15)21(25)23-11-13-10-18(23)20(24)22-13/h2-9,13,18H,10-11H2,1H3,(H,22,24)/t13-,18-/m0/s1. The van der Waals surface area contributed by atoms with Crippen LogP contribution >= 0.6 is 11.3 Å². The van der Waals surface area contributed by atoms with Crippen LogP contribution in [-0.2, 0) is 4.79 Å². The van der Waals surface area contributed by atoms with E-state index in [0.717, 1.165) is 22.8 Å². The number of amides is 2. The summed E-state index contributed by atoms with van der Waals surface area (Å²) >= 11 is 1.76. The molecule has 2 aromatic carbocycles. The Morgan fingerprint density at radius 1 is 1.12 bits per heavy atom. The summed E-state index contributed by atoms with van der Waals surface area (Å²) in [7, 11) is 0. The first-order valence-electron chi connectivity index (χ1n) is 8.82. The van der Waals surface area contributed by atoms with Crippen LogP contribution in [0.25, 0.3) is 21.2 Å². The number of carbonyl (C=O) groups is 2. The molecule has 2 amide bonds. The van der Waals surface area contributed by atoms with Crippen LogP contribution in [-0.4, -0.2) is 35.3 Å². The molecule has 5 rings (SSSR count). The number of aryl methyl sites for hydroxylation is 1. The van der Waals surface area contributed by atoms with Crippen LogP contribution in [0.15, 0.2) is 48.5 Å². The number of hydrogen-bond acceptors (Lipinski definition) is 3. The van der Waals surface area contributed by atoms with Crippen molar-refractivity contribution in [1.29, 1.82) is 0 Å². The molecule has 2 fully saturated rings. The highest BCUT2D eigenvalue weighted by Gasteiger charge is 2.46. The van der Waals surface area contributed by atoms with Gasteiger partial charge in [0.2, 0.25) is 5.91 Å². The van der Waals surface area contributed by atoms with Gasteiger partial charge in [-0.1, -0.05) is 30.3 Å². The van der Waals surface area contributed by atoms with Gasteiger partial charge in [-0.3, -0.25) is 9.59 Å². The van der Waals surface area contributed by atoms with E-state index in [9.17, 15) is 9.59 Å². The third kappa shape index (κ3) is 2.27. The number of fused-ring (bicyclic) bond motifs is 3. The molecule has 1 aromatic heterocycles. The maximum absolute atomic E-state index is 13.2. The minimum atomic E-state index is -0.314. The second kappa shape index (κ2) is 5.68. The fourth-order valence-corrected chi connectivity index (χ4v) is 5.06. The minimum Gasteiger partial charge on any atom is -0.350 e. The third-order valence-corrected chi connectivity index (χ3v) is 6.40. The molecule has 2 saturated heterocycles. The molecule has 3 aromatic rings. The fourth-order valence-electron chi connectivity index (χ4n) is 4.16. The molecular weight excluding hydrogens is 344 g/mol. The molecule has 3 heterocycles. The lowest BCUT2D eigenvalue weighted by molar-refractivity contribution is -0.124. The molecule has 26 heavy (non-hydrogen) atoms. The molecule has 2 aliphatic rings. The molecule has 130 valence electrons. The molecule has 2 atom stereocenters. The van der Waals surface area contributed by atoms with E-state index in [2.05, 4.69) is 36.5 Å².